The van der Waals surface area contributed by atoms with E-state index in [1.165, 1.54) is 35.3 Å². The van der Waals surface area contributed by atoms with Gasteiger partial charge in [-0.05, 0) is 72.7 Å². The second-order valence-corrected chi connectivity index (χ2v) is 8.11. The van der Waals surface area contributed by atoms with Crippen LogP contribution >= 0.6 is 12.2 Å². The van der Waals surface area contributed by atoms with Crippen LogP contribution in [-0.4, -0.2) is 38.0 Å². The van der Waals surface area contributed by atoms with Gasteiger partial charge in [0.2, 0.25) is 0 Å². The molecule has 0 aliphatic heterocycles. The lowest BCUT2D eigenvalue weighted by molar-refractivity contribution is -0.274. The van der Waals surface area contributed by atoms with Crippen LogP contribution in [0.1, 0.15) is 18.0 Å². The Morgan fingerprint density at radius 2 is 1.69 bits per heavy atom. The monoisotopic (exact) mass is 513 g/mol. The third-order valence-electron chi connectivity index (χ3n) is 5.15. The van der Waals surface area contributed by atoms with Gasteiger partial charge >= 0.3 is 6.36 Å². The Hall–Kier alpha value is -3.96. The molecule has 36 heavy (non-hydrogen) atoms. The minimum atomic E-state index is -4.74. The predicted molar refractivity (Wildman–Crippen MR) is 134 cm³/mol. The first-order chi connectivity index (χ1) is 17.3. The number of rotatable bonds is 8. The Balaban J connectivity index is 1.38. The molecule has 1 atom stereocenters. The van der Waals surface area contributed by atoms with E-state index in [1.54, 1.807) is 0 Å². The number of nitrogens with one attached hydrogen (secondary N) is 2. The van der Waals surface area contributed by atoms with Crippen molar-refractivity contribution in [2.24, 2.45) is 0 Å². The second-order valence-electron chi connectivity index (χ2n) is 7.71. The zero-order valence-corrected chi connectivity index (χ0v) is 19.6. The number of hydrogen-bond acceptors (Lipinski definition) is 5. The Labute approximate surface area is 210 Å². The van der Waals surface area contributed by atoms with E-state index < -0.39 is 6.36 Å². The van der Waals surface area contributed by atoms with Crippen LogP contribution in [0.3, 0.4) is 0 Å². The van der Waals surface area contributed by atoms with Crippen LogP contribution in [0.25, 0.3) is 17.1 Å². The first-order valence-corrected chi connectivity index (χ1v) is 11.3. The minimum Gasteiger partial charge on any atom is -0.406 e. The van der Waals surface area contributed by atoms with E-state index in [4.69, 9.17) is 12.2 Å². The summed E-state index contributed by atoms with van der Waals surface area (Å²) in [7, 11) is 0. The predicted octanol–water partition coefficient (Wildman–Crippen LogP) is 5.24. The molecule has 11 heteroatoms. The van der Waals surface area contributed by atoms with Crippen LogP contribution in [0.2, 0.25) is 0 Å². The molecule has 0 aliphatic carbocycles. The molecular formula is C25H22F3N5O2S. The molecule has 0 bridgehead atoms. The van der Waals surface area contributed by atoms with Gasteiger partial charge in [0.25, 0.3) is 0 Å². The summed E-state index contributed by atoms with van der Waals surface area (Å²) >= 11 is 5.45. The van der Waals surface area contributed by atoms with Gasteiger partial charge in [0.15, 0.2) is 10.9 Å². The summed E-state index contributed by atoms with van der Waals surface area (Å²) in [6.07, 6.45) is -2.76. The average molecular weight is 514 g/mol. The molecule has 0 aliphatic rings. The van der Waals surface area contributed by atoms with E-state index in [9.17, 15) is 18.3 Å². The normalized spacial score (nSPS) is 12.1. The van der Waals surface area contributed by atoms with Crippen molar-refractivity contribution in [1.29, 1.82) is 0 Å². The van der Waals surface area contributed by atoms with Crippen molar-refractivity contribution in [2.75, 3.05) is 11.9 Å². The van der Waals surface area contributed by atoms with Crippen LogP contribution in [-0.2, 0) is 0 Å². The second kappa shape index (κ2) is 11.2. The van der Waals surface area contributed by atoms with Gasteiger partial charge < -0.3 is 20.5 Å². The number of benzene rings is 3. The van der Waals surface area contributed by atoms with Gasteiger partial charge in [-0.3, -0.25) is 0 Å². The third kappa shape index (κ3) is 6.80. The summed E-state index contributed by atoms with van der Waals surface area (Å²) in [4.78, 5) is 4.29. The number of nitrogens with zero attached hydrogens (tertiary/aromatic N) is 3. The standard InChI is InChI=1S/C25H22F3N5O2S/c26-25(27,28)35-21-12-10-20(11-13-21)33-16-29-23(32-33)18-6-8-19(9-7-18)30-24(36)31-22(14-15-34)17-4-2-1-3-5-17/h1-13,16,22,34H,14-15H2,(H2,30,31,36). The lowest BCUT2D eigenvalue weighted by Crippen LogP contribution is -2.32. The number of anilines is 1. The van der Waals surface area contributed by atoms with E-state index in [-0.39, 0.29) is 18.4 Å². The summed E-state index contributed by atoms with van der Waals surface area (Å²) in [5.41, 5.74) is 3.06. The lowest BCUT2D eigenvalue weighted by Gasteiger charge is -2.20. The van der Waals surface area contributed by atoms with Gasteiger partial charge in [-0.25, -0.2) is 9.67 Å². The fraction of sp³-hybridized carbons (Fsp3) is 0.160. The van der Waals surface area contributed by atoms with Crippen molar-refractivity contribution >= 4 is 23.0 Å². The molecule has 1 unspecified atom stereocenters. The van der Waals surface area contributed by atoms with Gasteiger partial charge in [-0.15, -0.1) is 18.3 Å². The highest BCUT2D eigenvalue weighted by molar-refractivity contribution is 7.80. The Morgan fingerprint density at radius 1 is 1.00 bits per heavy atom. The fourth-order valence-corrected chi connectivity index (χ4v) is 3.75. The minimum absolute atomic E-state index is 0.0228. The SMILES string of the molecule is OCCC(NC(=S)Nc1ccc(-c2ncn(-c3ccc(OC(F)(F)F)cc3)n2)cc1)c1ccccc1. The van der Waals surface area contributed by atoms with E-state index >= 15 is 0 Å². The maximum Gasteiger partial charge on any atom is 0.573 e. The van der Waals surface area contributed by atoms with Gasteiger partial charge in [0.05, 0.1) is 11.7 Å². The molecule has 0 amide bonds. The van der Waals surface area contributed by atoms with Crippen LogP contribution in [0.5, 0.6) is 5.75 Å². The van der Waals surface area contributed by atoms with Crippen molar-refractivity contribution in [3.63, 3.8) is 0 Å². The topological polar surface area (TPSA) is 84.2 Å². The summed E-state index contributed by atoms with van der Waals surface area (Å²) in [6.45, 7) is 0.0228. The Kier molecular flexibility index (Phi) is 7.81. The fourth-order valence-electron chi connectivity index (χ4n) is 3.48. The number of alkyl halides is 3. The summed E-state index contributed by atoms with van der Waals surface area (Å²) in [5.74, 6) is 0.137. The van der Waals surface area contributed by atoms with E-state index in [2.05, 4.69) is 25.5 Å². The van der Waals surface area contributed by atoms with Crippen LogP contribution in [0.15, 0.2) is 85.2 Å². The number of aromatic nitrogens is 3. The zero-order valence-electron chi connectivity index (χ0n) is 18.8. The molecule has 3 N–H and O–H groups in total. The van der Waals surface area contributed by atoms with E-state index in [0.29, 0.717) is 23.0 Å². The molecule has 0 saturated heterocycles. The molecule has 3 aromatic carbocycles. The smallest absolute Gasteiger partial charge is 0.406 e. The molecular weight excluding hydrogens is 491 g/mol. The largest absolute Gasteiger partial charge is 0.573 e. The zero-order chi connectivity index (χ0) is 25.5. The number of ether oxygens (including phenoxy) is 1. The van der Waals surface area contributed by atoms with Crippen molar-refractivity contribution in [2.45, 2.75) is 18.8 Å². The highest BCUT2D eigenvalue weighted by Crippen LogP contribution is 2.24. The summed E-state index contributed by atoms with van der Waals surface area (Å²) in [6, 6.07) is 22.3. The van der Waals surface area contributed by atoms with Crippen LogP contribution in [0.4, 0.5) is 18.9 Å². The third-order valence-corrected chi connectivity index (χ3v) is 5.37. The quantitative estimate of drug-likeness (QED) is 0.278. The number of thiocarbonyl (C=S) groups is 1. The van der Waals surface area contributed by atoms with Crippen LogP contribution in [0, 0.1) is 0 Å². The Bertz CT molecular complexity index is 1280. The lowest BCUT2D eigenvalue weighted by atomic mass is 10.0. The summed E-state index contributed by atoms with van der Waals surface area (Å²) in [5, 5.41) is 20.6. The van der Waals surface area contributed by atoms with Crippen LogP contribution < -0.4 is 15.4 Å². The average Bonchev–Trinajstić information content (AvgIpc) is 3.35. The van der Waals surface area contributed by atoms with Gasteiger partial charge in [0.1, 0.15) is 12.1 Å². The first kappa shape index (κ1) is 25.1. The van der Waals surface area contributed by atoms with Gasteiger partial charge in [-0.1, -0.05) is 30.3 Å². The molecule has 0 spiro atoms. The van der Waals surface area contributed by atoms with Crippen molar-refractivity contribution in [1.82, 2.24) is 20.1 Å². The number of halogens is 3. The number of aliphatic hydroxyl groups is 1. The van der Waals surface area contributed by atoms with Gasteiger partial charge in [-0.2, -0.15) is 0 Å². The Morgan fingerprint density at radius 3 is 2.33 bits per heavy atom. The first-order valence-electron chi connectivity index (χ1n) is 10.9. The number of hydrogen-bond donors (Lipinski definition) is 3. The maximum atomic E-state index is 12.3. The highest BCUT2D eigenvalue weighted by atomic mass is 32.1. The molecule has 4 aromatic rings. The molecule has 186 valence electrons. The molecule has 0 radical (unpaired) electrons. The molecule has 4 rings (SSSR count). The van der Waals surface area contributed by atoms with Crippen molar-refractivity contribution in [3.8, 4) is 22.8 Å². The van der Waals surface area contributed by atoms with Crippen molar-refractivity contribution < 1.29 is 23.0 Å². The van der Waals surface area contributed by atoms with E-state index in [1.807, 2.05) is 54.6 Å². The molecule has 1 heterocycles. The van der Waals surface area contributed by atoms with Crippen molar-refractivity contribution in [3.05, 3.63) is 90.8 Å². The molecule has 0 fully saturated rings. The molecule has 0 saturated carbocycles. The molecule has 7 nitrogen and oxygen atoms in total. The highest BCUT2D eigenvalue weighted by Gasteiger charge is 2.31. The molecule has 1 aromatic heterocycles. The van der Waals surface area contributed by atoms with Gasteiger partial charge in [0, 0.05) is 17.9 Å². The summed E-state index contributed by atoms with van der Waals surface area (Å²) < 4.78 is 42.4. The van der Waals surface area contributed by atoms with E-state index in [0.717, 1.165) is 16.8 Å². The number of aliphatic hydroxyl groups excluding tert-OH is 1. The maximum absolute atomic E-state index is 12.3.